The maximum absolute atomic E-state index is 13.8. The van der Waals surface area contributed by atoms with Gasteiger partial charge in [0.2, 0.25) is 0 Å². The minimum absolute atomic E-state index is 0.239. The highest BCUT2D eigenvalue weighted by molar-refractivity contribution is 7.09. The number of halogens is 1. The molecule has 0 aliphatic heterocycles. The number of ether oxygens (including phenoxy) is 1. The van der Waals surface area contributed by atoms with Gasteiger partial charge in [0, 0.05) is 23.5 Å². The molecule has 0 aliphatic rings. The predicted molar refractivity (Wildman–Crippen MR) is 101 cm³/mol. The van der Waals surface area contributed by atoms with E-state index in [1.165, 1.54) is 11.6 Å². The van der Waals surface area contributed by atoms with Crippen molar-refractivity contribution in [3.8, 4) is 17.0 Å². The second-order valence-electron chi connectivity index (χ2n) is 5.90. The summed E-state index contributed by atoms with van der Waals surface area (Å²) < 4.78 is 19.2. The van der Waals surface area contributed by atoms with Crippen molar-refractivity contribution >= 4 is 11.3 Å². The van der Waals surface area contributed by atoms with Crippen molar-refractivity contribution in [2.45, 2.75) is 25.9 Å². The van der Waals surface area contributed by atoms with Crippen LogP contribution in [-0.2, 0) is 13.0 Å². The van der Waals surface area contributed by atoms with Crippen LogP contribution in [0.1, 0.15) is 17.5 Å². The number of para-hydroxylation sites is 1. The van der Waals surface area contributed by atoms with E-state index in [1.807, 2.05) is 29.6 Å². The summed E-state index contributed by atoms with van der Waals surface area (Å²) in [6.07, 6.45) is 0.871. The monoisotopic (exact) mass is 356 g/mol. The van der Waals surface area contributed by atoms with Crippen molar-refractivity contribution in [2.24, 2.45) is 0 Å². The van der Waals surface area contributed by atoms with Gasteiger partial charge in [0.1, 0.15) is 16.6 Å². The molecule has 0 aliphatic carbocycles. The summed E-state index contributed by atoms with van der Waals surface area (Å²) in [5, 5.41) is 6.33. The Morgan fingerprint density at radius 2 is 1.92 bits per heavy atom. The molecule has 130 valence electrons. The third-order valence-corrected chi connectivity index (χ3v) is 4.87. The number of methoxy groups -OCH3 is 1. The lowest BCUT2D eigenvalue weighted by Gasteiger charge is -2.15. The Morgan fingerprint density at radius 3 is 2.72 bits per heavy atom. The molecule has 0 amide bonds. The smallest absolute Gasteiger partial charge is 0.132 e. The quantitative estimate of drug-likeness (QED) is 0.667. The second kappa shape index (κ2) is 8.23. The molecule has 0 spiro atoms. The van der Waals surface area contributed by atoms with Crippen LogP contribution in [0, 0.1) is 5.82 Å². The van der Waals surface area contributed by atoms with Crippen molar-refractivity contribution < 1.29 is 9.13 Å². The van der Waals surface area contributed by atoms with E-state index < -0.39 is 0 Å². The molecule has 1 N–H and O–H groups in total. The SMILES string of the molecule is COc1ccccc1C[C@@H](C)NCc1nc(-c2ccccc2F)cs1. The number of nitrogens with zero attached hydrogens (tertiary/aromatic N) is 1. The van der Waals surface area contributed by atoms with Crippen molar-refractivity contribution in [3.05, 3.63) is 70.3 Å². The van der Waals surface area contributed by atoms with Gasteiger partial charge in [-0.3, -0.25) is 0 Å². The minimum atomic E-state index is -0.239. The zero-order chi connectivity index (χ0) is 17.6. The van der Waals surface area contributed by atoms with Gasteiger partial charge in [0.25, 0.3) is 0 Å². The summed E-state index contributed by atoms with van der Waals surface area (Å²) in [6.45, 7) is 2.80. The number of hydrogen-bond donors (Lipinski definition) is 1. The Bertz CT molecular complexity index is 834. The molecule has 1 heterocycles. The third kappa shape index (κ3) is 4.44. The fraction of sp³-hybridized carbons (Fsp3) is 0.250. The van der Waals surface area contributed by atoms with Crippen molar-refractivity contribution in [1.29, 1.82) is 0 Å². The molecular weight excluding hydrogens is 335 g/mol. The van der Waals surface area contributed by atoms with E-state index in [-0.39, 0.29) is 11.9 Å². The molecule has 3 nitrogen and oxygen atoms in total. The fourth-order valence-electron chi connectivity index (χ4n) is 2.72. The zero-order valence-electron chi connectivity index (χ0n) is 14.3. The summed E-state index contributed by atoms with van der Waals surface area (Å²) in [6, 6.07) is 15.1. The van der Waals surface area contributed by atoms with E-state index in [4.69, 9.17) is 4.74 Å². The zero-order valence-corrected chi connectivity index (χ0v) is 15.1. The van der Waals surface area contributed by atoms with E-state index in [0.717, 1.165) is 17.2 Å². The number of aromatic nitrogens is 1. The molecule has 0 saturated heterocycles. The topological polar surface area (TPSA) is 34.1 Å². The van der Waals surface area contributed by atoms with Crippen LogP contribution in [-0.4, -0.2) is 18.1 Å². The van der Waals surface area contributed by atoms with Crippen LogP contribution in [0.3, 0.4) is 0 Å². The van der Waals surface area contributed by atoms with Gasteiger partial charge in [-0.15, -0.1) is 11.3 Å². The molecule has 0 saturated carbocycles. The van der Waals surface area contributed by atoms with Crippen LogP contribution in [0.4, 0.5) is 4.39 Å². The van der Waals surface area contributed by atoms with E-state index in [9.17, 15) is 4.39 Å². The van der Waals surface area contributed by atoms with E-state index in [2.05, 4.69) is 23.3 Å². The number of benzene rings is 2. The van der Waals surface area contributed by atoms with Gasteiger partial charge in [-0.25, -0.2) is 9.37 Å². The third-order valence-electron chi connectivity index (χ3n) is 4.02. The van der Waals surface area contributed by atoms with Crippen LogP contribution >= 0.6 is 11.3 Å². The summed E-state index contributed by atoms with van der Waals surface area (Å²) in [4.78, 5) is 4.55. The number of nitrogens with one attached hydrogen (secondary N) is 1. The normalized spacial score (nSPS) is 12.1. The first-order valence-electron chi connectivity index (χ1n) is 8.22. The molecule has 0 fully saturated rings. The molecule has 1 aromatic heterocycles. The first-order chi connectivity index (χ1) is 12.2. The maximum atomic E-state index is 13.8. The first kappa shape index (κ1) is 17.6. The van der Waals surface area contributed by atoms with Crippen molar-refractivity contribution in [3.63, 3.8) is 0 Å². The Labute approximate surface area is 151 Å². The lowest BCUT2D eigenvalue weighted by atomic mass is 10.1. The molecule has 2 aromatic carbocycles. The molecule has 1 atom stereocenters. The summed E-state index contributed by atoms with van der Waals surface area (Å²) >= 11 is 1.54. The molecule has 0 radical (unpaired) electrons. The van der Waals surface area contributed by atoms with Crippen molar-refractivity contribution in [1.82, 2.24) is 10.3 Å². The Kier molecular flexibility index (Phi) is 5.79. The van der Waals surface area contributed by atoms with Crippen LogP contribution in [0.25, 0.3) is 11.3 Å². The van der Waals surface area contributed by atoms with Gasteiger partial charge in [-0.2, -0.15) is 0 Å². The van der Waals surface area contributed by atoms with Crippen LogP contribution in [0.15, 0.2) is 53.9 Å². The number of hydrogen-bond acceptors (Lipinski definition) is 4. The molecule has 3 aromatic rings. The average Bonchev–Trinajstić information content (AvgIpc) is 3.09. The molecule has 25 heavy (non-hydrogen) atoms. The van der Waals surface area contributed by atoms with Crippen molar-refractivity contribution in [2.75, 3.05) is 7.11 Å². The summed E-state index contributed by atoms with van der Waals surface area (Å²) in [5.41, 5.74) is 2.42. The van der Waals surface area contributed by atoms with Crippen LogP contribution < -0.4 is 10.1 Å². The molecular formula is C20H21FN2OS. The predicted octanol–water partition coefficient (Wildman–Crippen LogP) is 4.68. The molecule has 0 bridgehead atoms. The Balaban J connectivity index is 1.60. The molecule has 0 unspecified atom stereocenters. The highest BCUT2D eigenvalue weighted by atomic mass is 32.1. The van der Waals surface area contributed by atoms with Gasteiger partial charge in [-0.1, -0.05) is 30.3 Å². The van der Waals surface area contributed by atoms with Gasteiger partial charge in [0.15, 0.2) is 0 Å². The van der Waals surface area contributed by atoms with E-state index in [0.29, 0.717) is 17.8 Å². The number of thiazole rings is 1. The summed E-state index contributed by atoms with van der Waals surface area (Å²) in [5.74, 6) is 0.670. The largest absolute Gasteiger partial charge is 0.496 e. The van der Waals surface area contributed by atoms with Gasteiger partial charge < -0.3 is 10.1 Å². The van der Waals surface area contributed by atoms with Gasteiger partial charge >= 0.3 is 0 Å². The highest BCUT2D eigenvalue weighted by Gasteiger charge is 2.11. The minimum Gasteiger partial charge on any atom is -0.496 e. The fourth-order valence-corrected chi connectivity index (χ4v) is 3.46. The first-order valence-corrected chi connectivity index (χ1v) is 9.10. The Hall–Kier alpha value is -2.24. The average molecular weight is 356 g/mol. The van der Waals surface area contributed by atoms with E-state index >= 15 is 0 Å². The Morgan fingerprint density at radius 1 is 1.16 bits per heavy atom. The lowest BCUT2D eigenvalue weighted by Crippen LogP contribution is -2.27. The van der Waals surface area contributed by atoms with Crippen LogP contribution in [0.5, 0.6) is 5.75 Å². The van der Waals surface area contributed by atoms with Gasteiger partial charge in [0.05, 0.1) is 12.8 Å². The summed E-state index contributed by atoms with van der Waals surface area (Å²) in [7, 11) is 1.69. The maximum Gasteiger partial charge on any atom is 0.132 e. The highest BCUT2D eigenvalue weighted by Crippen LogP contribution is 2.24. The lowest BCUT2D eigenvalue weighted by molar-refractivity contribution is 0.406. The number of rotatable bonds is 7. The molecule has 3 rings (SSSR count). The van der Waals surface area contributed by atoms with Gasteiger partial charge in [-0.05, 0) is 37.1 Å². The van der Waals surface area contributed by atoms with E-state index in [1.54, 1.807) is 30.6 Å². The second-order valence-corrected chi connectivity index (χ2v) is 6.85. The van der Waals surface area contributed by atoms with Crippen LogP contribution in [0.2, 0.25) is 0 Å². The molecule has 5 heteroatoms. The standard InChI is InChI=1S/C20H21FN2OS/c1-14(11-15-7-3-6-10-19(15)24-2)22-12-20-23-18(13-25-20)16-8-4-5-9-17(16)21/h3-10,13-14,22H,11-12H2,1-2H3/t14-/m1/s1.